The fourth-order valence-electron chi connectivity index (χ4n) is 1.80. The summed E-state index contributed by atoms with van der Waals surface area (Å²) in [6.45, 7) is 5.69. The van der Waals surface area contributed by atoms with Crippen molar-refractivity contribution in [3.05, 3.63) is 34.0 Å². The van der Waals surface area contributed by atoms with Gasteiger partial charge in [-0.15, -0.1) is 35.3 Å². The summed E-state index contributed by atoms with van der Waals surface area (Å²) in [5.41, 5.74) is 2.27. The molecule has 2 rings (SSSR count). The molecule has 0 aliphatic heterocycles. The minimum absolute atomic E-state index is 0. The smallest absolute Gasteiger partial charge is 0.191 e. The standard InChI is InChI=1S/C14H22N6S.HI/c1-10(2)12-9-21-13(19-12)7-17-14(15-3)16-5-11-6-18-20(4)8-11;/h6,8-10H,5,7H2,1-4H3,(H2,15,16,17);1H. The third-order valence-electron chi connectivity index (χ3n) is 3.01. The Kier molecular flexibility index (Phi) is 7.80. The van der Waals surface area contributed by atoms with Gasteiger partial charge in [0.1, 0.15) is 5.01 Å². The molecule has 22 heavy (non-hydrogen) atoms. The highest BCUT2D eigenvalue weighted by Crippen LogP contribution is 2.17. The van der Waals surface area contributed by atoms with Crippen molar-refractivity contribution < 1.29 is 0 Å². The van der Waals surface area contributed by atoms with E-state index in [2.05, 4.69) is 44.9 Å². The fourth-order valence-corrected chi connectivity index (χ4v) is 2.70. The SMILES string of the molecule is CN=C(NCc1cnn(C)c1)NCc1nc(C(C)C)cs1.I. The monoisotopic (exact) mass is 434 g/mol. The van der Waals surface area contributed by atoms with Crippen LogP contribution >= 0.6 is 35.3 Å². The van der Waals surface area contributed by atoms with Gasteiger partial charge in [0.15, 0.2) is 5.96 Å². The van der Waals surface area contributed by atoms with Crippen LogP contribution in [0.2, 0.25) is 0 Å². The Bertz CT molecular complexity index is 604. The summed E-state index contributed by atoms with van der Waals surface area (Å²) in [5.74, 6) is 1.23. The first kappa shape index (κ1) is 18.9. The molecule has 6 nitrogen and oxygen atoms in total. The highest BCUT2D eigenvalue weighted by molar-refractivity contribution is 14.0. The molecule has 0 saturated carbocycles. The molecule has 0 amide bonds. The van der Waals surface area contributed by atoms with Gasteiger partial charge >= 0.3 is 0 Å². The van der Waals surface area contributed by atoms with Crippen molar-refractivity contribution in [3.8, 4) is 0 Å². The molecule has 0 aliphatic rings. The highest BCUT2D eigenvalue weighted by atomic mass is 127. The number of nitrogens with one attached hydrogen (secondary N) is 2. The molecule has 0 aromatic carbocycles. The van der Waals surface area contributed by atoms with Gasteiger partial charge in [0.2, 0.25) is 0 Å². The second-order valence-corrected chi connectivity index (χ2v) is 6.07. The lowest BCUT2D eigenvalue weighted by Gasteiger charge is -2.09. The Balaban J connectivity index is 0.00000242. The van der Waals surface area contributed by atoms with Gasteiger partial charge in [0, 0.05) is 37.8 Å². The Morgan fingerprint density at radius 2 is 2.09 bits per heavy atom. The molecular weight excluding hydrogens is 411 g/mol. The summed E-state index contributed by atoms with van der Waals surface area (Å²) < 4.78 is 1.79. The van der Waals surface area contributed by atoms with Crippen LogP contribution < -0.4 is 10.6 Å². The zero-order valence-electron chi connectivity index (χ0n) is 13.3. The van der Waals surface area contributed by atoms with Gasteiger partial charge in [-0.2, -0.15) is 5.10 Å². The first-order chi connectivity index (χ1) is 10.1. The van der Waals surface area contributed by atoms with E-state index in [0.29, 0.717) is 19.0 Å². The van der Waals surface area contributed by atoms with Gasteiger partial charge in [-0.25, -0.2) is 4.98 Å². The normalized spacial score (nSPS) is 11.4. The van der Waals surface area contributed by atoms with Gasteiger partial charge in [0.05, 0.1) is 18.4 Å². The van der Waals surface area contributed by atoms with E-state index in [1.54, 1.807) is 23.1 Å². The maximum atomic E-state index is 4.60. The predicted molar refractivity (Wildman–Crippen MR) is 102 cm³/mol. The molecule has 2 heterocycles. The summed E-state index contributed by atoms with van der Waals surface area (Å²) in [6.07, 6.45) is 3.83. The molecule has 122 valence electrons. The second kappa shape index (κ2) is 9.09. The van der Waals surface area contributed by atoms with E-state index in [1.165, 1.54) is 0 Å². The number of aryl methyl sites for hydroxylation is 1. The van der Waals surface area contributed by atoms with Crippen LogP contribution in [-0.4, -0.2) is 27.8 Å². The molecule has 0 radical (unpaired) electrons. The zero-order chi connectivity index (χ0) is 15.2. The molecular formula is C14H23IN6S. The van der Waals surface area contributed by atoms with Crippen molar-refractivity contribution in [1.82, 2.24) is 25.4 Å². The van der Waals surface area contributed by atoms with E-state index >= 15 is 0 Å². The van der Waals surface area contributed by atoms with E-state index < -0.39 is 0 Å². The summed E-state index contributed by atoms with van der Waals surface area (Å²) in [5, 5.41) is 13.9. The average Bonchev–Trinajstić information content (AvgIpc) is 3.08. The lowest BCUT2D eigenvalue weighted by atomic mass is 10.2. The van der Waals surface area contributed by atoms with Gasteiger partial charge in [0.25, 0.3) is 0 Å². The Morgan fingerprint density at radius 3 is 2.64 bits per heavy atom. The van der Waals surface area contributed by atoms with E-state index in [9.17, 15) is 0 Å². The first-order valence-corrected chi connectivity index (χ1v) is 7.82. The van der Waals surface area contributed by atoms with Gasteiger partial charge in [-0.05, 0) is 5.92 Å². The van der Waals surface area contributed by atoms with Crippen LogP contribution in [0.15, 0.2) is 22.8 Å². The molecule has 2 aromatic rings. The van der Waals surface area contributed by atoms with Crippen LogP contribution in [0.1, 0.15) is 36.0 Å². The molecule has 0 saturated heterocycles. The van der Waals surface area contributed by atoms with E-state index in [4.69, 9.17) is 0 Å². The molecule has 0 spiro atoms. The van der Waals surface area contributed by atoms with Crippen LogP contribution in [0.25, 0.3) is 0 Å². The molecule has 2 N–H and O–H groups in total. The van der Waals surface area contributed by atoms with Crippen molar-refractivity contribution in [1.29, 1.82) is 0 Å². The van der Waals surface area contributed by atoms with Crippen LogP contribution in [0.4, 0.5) is 0 Å². The Morgan fingerprint density at radius 1 is 1.36 bits per heavy atom. The molecule has 0 bridgehead atoms. The molecule has 0 fully saturated rings. The van der Waals surface area contributed by atoms with Crippen molar-refractivity contribution >= 4 is 41.3 Å². The number of nitrogens with zero attached hydrogens (tertiary/aromatic N) is 4. The van der Waals surface area contributed by atoms with Crippen molar-refractivity contribution in [2.45, 2.75) is 32.9 Å². The third-order valence-corrected chi connectivity index (χ3v) is 3.88. The number of halogens is 1. The number of guanidine groups is 1. The summed E-state index contributed by atoms with van der Waals surface area (Å²) >= 11 is 1.68. The quantitative estimate of drug-likeness (QED) is 0.431. The molecule has 8 heteroatoms. The van der Waals surface area contributed by atoms with Gasteiger partial charge < -0.3 is 10.6 Å². The van der Waals surface area contributed by atoms with Crippen molar-refractivity contribution in [2.24, 2.45) is 12.0 Å². The van der Waals surface area contributed by atoms with Crippen LogP contribution in [0, 0.1) is 0 Å². The summed E-state index contributed by atoms with van der Waals surface area (Å²) in [7, 11) is 3.67. The maximum Gasteiger partial charge on any atom is 0.191 e. The average molecular weight is 434 g/mol. The van der Waals surface area contributed by atoms with Crippen molar-refractivity contribution in [3.63, 3.8) is 0 Å². The summed E-state index contributed by atoms with van der Waals surface area (Å²) in [6, 6.07) is 0. The number of aliphatic imine (C=N–C) groups is 1. The number of aromatic nitrogens is 3. The van der Waals surface area contributed by atoms with E-state index in [-0.39, 0.29) is 24.0 Å². The van der Waals surface area contributed by atoms with E-state index in [0.717, 1.165) is 22.2 Å². The fraction of sp³-hybridized carbons (Fsp3) is 0.500. The highest BCUT2D eigenvalue weighted by Gasteiger charge is 2.06. The maximum absolute atomic E-state index is 4.60. The Labute approximate surface area is 152 Å². The van der Waals surface area contributed by atoms with E-state index in [1.807, 2.05) is 19.4 Å². The molecule has 2 aromatic heterocycles. The Hall–Kier alpha value is -1.16. The van der Waals surface area contributed by atoms with Crippen LogP contribution in [0.3, 0.4) is 0 Å². The number of hydrogen-bond donors (Lipinski definition) is 2. The van der Waals surface area contributed by atoms with Crippen LogP contribution in [-0.2, 0) is 20.1 Å². The van der Waals surface area contributed by atoms with Crippen molar-refractivity contribution in [2.75, 3.05) is 7.05 Å². The largest absolute Gasteiger partial charge is 0.352 e. The predicted octanol–water partition coefficient (Wildman–Crippen LogP) is 2.48. The lowest BCUT2D eigenvalue weighted by molar-refractivity contribution is 0.764. The number of hydrogen-bond acceptors (Lipinski definition) is 4. The molecule has 0 atom stereocenters. The molecule has 0 aliphatic carbocycles. The topological polar surface area (TPSA) is 67.1 Å². The van der Waals surface area contributed by atoms with Gasteiger partial charge in [-0.1, -0.05) is 13.8 Å². The van der Waals surface area contributed by atoms with Gasteiger partial charge in [-0.3, -0.25) is 9.67 Å². The number of thiazole rings is 1. The first-order valence-electron chi connectivity index (χ1n) is 6.95. The zero-order valence-corrected chi connectivity index (χ0v) is 16.5. The molecule has 0 unspecified atom stereocenters. The minimum Gasteiger partial charge on any atom is -0.352 e. The summed E-state index contributed by atoms with van der Waals surface area (Å²) in [4.78, 5) is 8.81. The van der Waals surface area contributed by atoms with Crippen LogP contribution in [0.5, 0.6) is 0 Å². The lowest BCUT2D eigenvalue weighted by Crippen LogP contribution is -2.36. The second-order valence-electron chi connectivity index (χ2n) is 5.12. The minimum atomic E-state index is 0. The number of rotatable bonds is 5. The third kappa shape index (κ3) is 5.56.